The molecule has 0 spiro atoms. The van der Waals surface area contributed by atoms with Gasteiger partial charge in [0.1, 0.15) is 11.6 Å². The van der Waals surface area contributed by atoms with Gasteiger partial charge >= 0.3 is 0 Å². The standard InChI is InChI=1S/C15H12BrF2NO/c16-13-9-11(17)5-6-12(13)15(20)19-8-7-10-3-1-2-4-14(10)18/h1-6,9H,7-8H2,(H,19,20). The number of carbonyl (C=O) groups is 1. The Kier molecular flexibility index (Phi) is 4.84. The fourth-order valence-electron chi connectivity index (χ4n) is 1.78. The molecule has 0 atom stereocenters. The molecular formula is C15H12BrF2NO. The minimum atomic E-state index is -0.417. The number of amides is 1. The molecule has 5 heteroatoms. The Labute approximate surface area is 123 Å². The Balaban J connectivity index is 1.94. The molecule has 0 saturated heterocycles. The molecule has 0 aliphatic heterocycles. The van der Waals surface area contributed by atoms with Crippen LogP contribution in [0.1, 0.15) is 15.9 Å². The van der Waals surface area contributed by atoms with Gasteiger partial charge in [0.05, 0.1) is 5.56 Å². The van der Waals surface area contributed by atoms with Crippen LogP contribution >= 0.6 is 15.9 Å². The van der Waals surface area contributed by atoms with Crippen LogP contribution < -0.4 is 5.32 Å². The Morgan fingerprint density at radius 1 is 1.15 bits per heavy atom. The maximum atomic E-state index is 13.4. The smallest absolute Gasteiger partial charge is 0.252 e. The maximum Gasteiger partial charge on any atom is 0.252 e. The molecule has 1 amide bonds. The van der Waals surface area contributed by atoms with E-state index in [1.807, 2.05) is 0 Å². The van der Waals surface area contributed by atoms with E-state index >= 15 is 0 Å². The third kappa shape index (κ3) is 3.63. The molecule has 0 radical (unpaired) electrons. The lowest BCUT2D eigenvalue weighted by Crippen LogP contribution is -2.26. The largest absolute Gasteiger partial charge is 0.352 e. The molecule has 20 heavy (non-hydrogen) atoms. The van der Waals surface area contributed by atoms with Gasteiger partial charge in [-0.15, -0.1) is 0 Å². The lowest BCUT2D eigenvalue weighted by atomic mass is 10.1. The zero-order valence-electron chi connectivity index (χ0n) is 10.5. The molecule has 2 rings (SSSR count). The molecule has 0 saturated carbocycles. The average Bonchev–Trinajstić information content (AvgIpc) is 2.40. The van der Waals surface area contributed by atoms with E-state index in [9.17, 15) is 13.6 Å². The average molecular weight is 340 g/mol. The quantitative estimate of drug-likeness (QED) is 0.904. The molecule has 104 valence electrons. The third-order valence-corrected chi connectivity index (χ3v) is 3.47. The number of benzene rings is 2. The Morgan fingerprint density at radius 2 is 1.90 bits per heavy atom. The van der Waals surface area contributed by atoms with Crippen LogP contribution in [0.2, 0.25) is 0 Å². The van der Waals surface area contributed by atoms with Crippen LogP contribution in [0.5, 0.6) is 0 Å². The van der Waals surface area contributed by atoms with Crippen LogP contribution in [0, 0.1) is 11.6 Å². The second-order valence-corrected chi connectivity index (χ2v) is 5.08. The second-order valence-electron chi connectivity index (χ2n) is 4.22. The normalized spacial score (nSPS) is 10.3. The summed E-state index contributed by atoms with van der Waals surface area (Å²) in [4.78, 5) is 11.9. The topological polar surface area (TPSA) is 29.1 Å². The first kappa shape index (κ1) is 14.7. The van der Waals surface area contributed by atoms with Crippen molar-refractivity contribution in [1.29, 1.82) is 0 Å². The maximum absolute atomic E-state index is 13.4. The van der Waals surface area contributed by atoms with Crippen molar-refractivity contribution < 1.29 is 13.6 Å². The number of halogens is 3. The van der Waals surface area contributed by atoms with Crippen LogP contribution in [0.15, 0.2) is 46.9 Å². The summed E-state index contributed by atoms with van der Waals surface area (Å²) < 4.78 is 26.7. The Hall–Kier alpha value is -1.75. The fourth-order valence-corrected chi connectivity index (χ4v) is 2.31. The molecular weight excluding hydrogens is 328 g/mol. The molecule has 2 aromatic rings. The van der Waals surface area contributed by atoms with Gasteiger partial charge in [-0.1, -0.05) is 18.2 Å². The minimum Gasteiger partial charge on any atom is -0.352 e. The molecule has 0 heterocycles. The number of carbonyl (C=O) groups excluding carboxylic acids is 1. The van der Waals surface area contributed by atoms with Crippen LogP contribution in [-0.2, 0) is 6.42 Å². The second kappa shape index (κ2) is 6.61. The lowest BCUT2D eigenvalue weighted by molar-refractivity contribution is 0.0953. The van der Waals surface area contributed by atoms with E-state index in [4.69, 9.17) is 0 Å². The van der Waals surface area contributed by atoms with E-state index in [0.29, 0.717) is 28.6 Å². The van der Waals surface area contributed by atoms with Crippen LogP contribution in [0.4, 0.5) is 8.78 Å². The number of hydrogen-bond donors (Lipinski definition) is 1. The summed E-state index contributed by atoms with van der Waals surface area (Å²) >= 11 is 3.14. The van der Waals surface area contributed by atoms with Crippen molar-refractivity contribution in [1.82, 2.24) is 5.32 Å². The highest BCUT2D eigenvalue weighted by atomic mass is 79.9. The van der Waals surface area contributed by atoms with E-state index in [1.165, 1.54) is 24.3 Å². The van der Waals surface area contributed by atoms with Crippen molar-refractivity contribution >= 4 is 21.8 Å². The van der Waals surface area contributed by atoms with Crippen molar-refractivity contribution in [2.24, 2.45) is 0 Å². The van der Waals surface area contributed by atoms with Gasteiger partial charge in [0.15, 0.2) is 0 Å². The highest BCUT2D eigenvalue weighted by Gasteiger charge is 2.10. The fraction of sp³-hybridized carbons (Fsp3) is 0.133. The van der Waals surface area contributed by atoms with Crippen molar-refractivity contribution in [3.05, 3.63) is 69.7 Å². The molecule has 0 aliphatic rings. The minimum absolute atomic E-state index is 0.287. The Bertz CT molecular complexity index is 631. The number of hydrogen-bond acceptors (Lipinski definition) is 1. The Morgan fingerprint density at radius 3 is 2.60 bits per heavy atom. The lowest BCUT2D eigenvalue weighted by Gasteiger charge is -2.07. The highest BCUT2D eigenvalue weighted by molar-refractivity contribution is 9.10. The summed E-state index contributed by atoms with van der Waals surface area (Å²) in [6, 6.07) is 10.3. The zero-order chi connectivity index (χ0) is 14.5. The third-order valence-electron chi connectivity index (χ3n) is 2.81. The monoisotopic (exact) mass is 339 g/mol. The van der Waals surface area contributed by atoms with Gasteiger partial charge in [-0.2, -0.15) is 0 Å². The van der Waals surface area contributed by atoms with E-state index in [1.54, 1.807) is 18.2 Å². The van der Waals surface area contributed by atoms with Crippen molar-refractivity contribution in [3.63, 3.8) is 0 Å². The van der Waals surface area contributed by atoms with Gasteiger partial charge in [0.25, 0.3) is 5.91 Å². The van der Waals surface area contributed by atoms with Gasteiger partial charge in [0.2, 0.25) is 0 Å². The molecule has 1 N–H and O–H groups in total. The van der Waals surface area contributed by atoms with Crippen molar-refractivity contribution in [3.8, 4) is 0 Å². The molecule has 0 aromatic heterocycles. The van der Waals surface area contributed by atoms with Gasteiger partial charge in [-0.3, -0.25) is 4.79 Å². The van der Waals surface area contributed by atoms with E-state index in [-0.39, 0.29) is 11.7 Å². The van der Waals surface area contributed by atoms with E-state index in [0.717, 1.165) is 0 Å². The highest BCUT2D eigenvalue weighted by Crippen LogP contribution is 2.17. The summed E-state index contributed by atoms with van der Waals surface area (Å²) in [7, 11) is 0. The van der Waals surface area contributed by atoms with Crippen molar-refractivity contribution in [2.75, 3.05) is 6.54 Å². The van der Waals surface area contributed by atoms with Gasteiger partial charge in [-0.25, -0.2) is 8.78 Å². The van der Waals surface area contributed by atoms with E-state index in [2.05, 4.69) is 21.2 Å². The number of nitrogens with one attached hydrogen (secondary N) is 1. The molecule has 2 nitrogen and oxygen atoms in total. The van der Waals surface area contributed by atoms with Gasteiger partial charge in [-0.05, 0) is 52.2 Å². The zero-order valence-corrected chi connectivity index (χ0v) is 12.1. The predicted octanol–water partition coefficient (Wildman–Crippen LogP) is 3.70. The summed E-state index contributed by atoms with van der Waals surface area (Å²) in [6.45, 7) is 0.309. The van der Waals surface area contributed by atoms with Crippen LogP contribution in [0.3, 0.4) is 0 Å². The van der Waals surface area contributed by atoms with Gasteiger partial charge < -0.3 is 5.32 Å². The van der Waals surface area contributed by atoms with Gasteiger partial charge in [0, 0.05) is 11.0 Å². The molecule has 0 unspecified atom stereocenters. The van der Waals surface area contributed by atoms with Crippen LogP contribution in [-0.4, -0.2) is 12.5 Å². The first-order chi connectivity index (χ1) is 9.58. The summed E-state index contributed by atoms with van der Waals surface area (Å²) in [6.07, 6.45) is 0.400. The summed E-state index contributed by atoms with van der Waals surface area (Å²) in [5, 5.41) is 2.68. The predicted molar refractivity (Wildman–Crippen MR) is 76.5 cm³/mol. The van der Waals surface area contributed by atoms with E-state index < -0.39 is 5.82 Å². The first-order valence-corrected chi connectivity index (χ1v) is 6.84. The molecule has 2 aromatic carbocycles. The number of rotatable bonds is 4. The molecule has 0 bridgehead atoms. The molecule has 0 aliphatic carbocycles. The summed E-state index contributed by atoms with van der Waals surface area (Å²) in [5.41, 5.74) is 0.894. The van der Waals surface area contributed by atoms with Crippen LogP contribution in [0.25, 0.3) is 0 Å². The van der Waals surface area contributed by atoms with Crippen molar-refractivity contribution in [2.45, 2.75) is 6.42 Å². The summed E-state index contributed by atoms with van der Waals surface area (Å²) in [5.74, 6) is -1.03. The SMILES string of the molecule is O=C(NCCc1ccccc1F)c1ccc(F)cc1Br. The molecule has 0 fully saturated rings. The first-order valence-electron chi connectivity index (χ1n) is 6.04.